The molecule has 2 rings (SSSR count). The van der Waals surface area contributed by atoms with Crippen molar-refractivity contribution < 1.29 is 4.39 Å². The van der Waals surface area contributed by atoms with Gasteiger partial charge in [-0.15, -0.1) is 0 Å². The van der Waals surface area contributed by atoms with Gasteiger partial charge in [0.25, 0.3) is 0 Å². The Bertz CT molecular complexity index is 403. The number of hydrogen-bond acceptors (Lipinski definition) is 1. The van der Waals surface area contributed by atoms with Crippen LogP contribution < -0.4 is 5.32 Å². The molecule has 1 aliphatic carbocycles. The van der Waals surface area contributed by atoms with Crippen LogP contribution in [0.2, 0.25) is 5.02 Å². The number of nitrogens with one attached hydrogen (secondary N) is 1. The molecule has 1 saturated carbocycles. The summed E-state index contributed by atoms with van der Waals surface area (Å²) in [5.74, 6) is -0.336. The van der Waals surface area contributed by atoms with Crippen LogP contribution in [0.3, 0.4) is 0 Å². The minimum absolute atomic E-state index is 0.246. The molecule has 1 nitrogen and oxygen atoms in total. The number of rotatable bonds is 3. The Hall–Kier alpha value is -0.600. The molecular weight excluding hydrogens is 237 g/mol. The van der Waals surface area contributed by atoms with Crippen molar-refractivity contribution in [1.82, 2.24) is 5.32 Å². The van der Waals surface area contributed by atoms with E-state index < -0.39 is 0 Å². The topological polar surface area (TPSA) is 12.0 Å². The molecule has 3 heteroatoms. The maximum absolute atomic E-state index is 13.3. The Balaban J connectivity index is 2.01. The van der Waals surface area contributed by atoms with E-state index in [0.717, 1.165) is 5.56 Å². The van der Waals surface area contributed by atoms with Crippen LogP contribution in [0.5, 0.6) is 0 Å². The molecule has 1 N–H and O–H groups in total. The van der Waals surface area contributed by atoms with Crippen LogP contribution >= 0.6 is 11.6 Å². The Kier molecular flexibility index (Phi) is 3.74. The summed E-state index contributed by atoms with van der Waals surface area (Å²) in [5, 5.41) is 3.75. The summed E-state index contributed by atoms with van der Waals surface area (Å²) in [6.07, 6.45) is 3.71. The molecule has 0 aliphatic heterocycles. The largest absolute Gasteiger partial charge is 0.309 e. The van der Waals surface area contributed by atoms with E-state index in [0.29, 0.717) is 18.0 Å². The van der Waals surface area contributed by atoms with Crippen LogP contribution in [-0.2, 0) is 6.54 Å². The lowest BCUT2D eigenvalue weighted by atomic mass is 9.87. The summed E-state index contributed by atoms with van der Waals surface area (Å²) in [6.45, 7) is 5.21. The Morgan fingerprint density at radius 1 is 1.47 bits per heavy atom. The molecule has 0 amide bonds. The molecule has 0 aromatic heterocycles. The van der Waals surface area contributed by atoms with E-state index in [9.17, 15) is 4.39 Å². The highest BCUT2D eigenvalue weighted by molar-refractivity contribution is 6.31. The molecular formula is C14H19ClFN. The zero-order valence-electron chi connectivity index (χ0n) is 10.4. The molecule has 17 heavy (non-hydrogen) atoms. The fourth-order valence-electron chi connectivity index (χ4n) is 2.62. The zero-order valence-corrected chi connectivity index (χ0v) is 11.1. The van der Waals surface area contributed by atoms with E-state index in [2.05, 4.69) is 19.2 Å². The van der Waals surface area contributed by atoms with E-state index in [4.69, 9.17) is 11.6 Å². The molecule has 0 saturated heterocycles. The molecule has 1 atom stereocenters. The van der Waals surface area contributed by atoms with Crippen molar-refractivity contribution in [2.45, 2.75) is 45.7 Å². The van der Waals surface area contributed by atoms with E-state index in [1.165, 1.54) is 25.3 Å². The Morgan fingerprint density at radius 2 is 2.24 bits per heavy atom. The van der Waals surface area contributed by atoms with Gasteiger partial charge in [-0.25, -0.2) is 4.39 Å². The first-order valence-electron chi connectivity index (χ1n) is 6.17. The quantitative estimate of drug-likeness (QED) is 0.856. The average Bonchev–Trinajstić information content (AvgIpc) is 2.60. The molecule has 1 aromatic carbocycles. The smallest absolute Gasteiger partial charge is 0.142 e. The van der Waals surface area contributed by atoms with Crippen molar-refractivity contribution in [2.75, 3.05) is 0 Å². The lowest BCUT2D eigenvalue weighted by Gasteiger charge is -2.28. The van der Waals surface area contributed by atoms with E-state index in [-0.39, 0.29) is 10.8 Å². The second-order valence-electron chi connectivity index (χ2n) is 5.53. The maximum atomic E-state index is 13.3. The number of hydrogen-bond donors (Lipinski definition) is 1. The summed E-state index contributed by atoms with van der Waals surface area (Å²) in [5.41, 5.74) is 1.18. The standard InChI is InChI=1S/C14H19ClFN/c1-14(2)8-4-7-12(14)17-9-10-5-3-6-11(16)13(10)15/h3,5-6,12,17H,4,7-9H2,1-2H3. The fraction of sp³-hybridized carbons (Fsp3) is 0.571. The third-order valence-electron chi connectivity index (χ3n) is 3.83. The highest BCUT2D eigenvalue weighted by Gasteiger charge is 2.33. The first-order valence-corrected chi connectivity index (χ1v) is 6.55. The van der Waals surface area contributed by atoms with Crippen LogP contribution in [0.15, 0.2) is 18.2 Å². The monoisotopic (exact) mass is 255 g/mol. The lowest BCUT2D eigenvalue weighted by Crippen LogP contribution is -2.37. The summed E-state index contributed by atoms with van der Waals surface area (Å²) < 4.78 is 13.3. The molecule has 1 aliphatic rings. The second-order valence-corrected chi connectivity index (χ2v) is 5.91. The van der Waals surface area contributed by atoms with Gasteiger partial charge in [0.05, 0.1) is 5.02 Å². The van der Waals surface area contributed by atoms with E-state index in [1.807, 2.05) is 6.07 Å². The number of benzene rings is 1. The molecule has 0 spiro atoms. The normalized spacial score (nSPS) is 22.9. The Morgan fingerprint density at radius 3 is 2.88 bits per heavy atom. The van der Waals surface area contributed by atoms with Crippen molar-refractivity contribution in [1.29, 1.82) is 0 Å². The first kappa shape index (κ1) is 12.8. The fourth-order valence-corrected chi connectivity index (χ4v) is 2.82. The van der Waals surface area contributed by atoms with Crippen LogP contribution in [0, 0.1) is 11.2 Å². The predicted molar refractivity (Wildman–Crippen MR) is 69.7 cm³/mol. The van der Waals surface area contributed by atoms with Gasteiger partial charge >= 0.3 is 0 Å². The third-order valence-corrected chi connectivity index (χ3v) is 4.25. The minimum Gasteiger partial charge on any atom is -0.309 e. The minimum atomic E-state index is -0.336. The van der Waals surface area contributed by atoms with E-state index in [1.54, 1.807) is 6.07 Å². The van der Waals surface area contributed by atoms with Gasteiger partial charge < -0.3 is 5.32 Å². The summed E-state index contributed by atoms with van der Waals surface area (Å²) >= 11 is 5.93. The van der Waals surface area contributed by atoms with Crippen molar-refractivity contribution >= 4 is 11.6 Å². The van der Waals surface area contributed by atoms with Gasteiger partial charge in [0.1, 0.15) is 5.82 Å². The average molecular weight is 256 g/mol. The van der Waals surface area contributed by atoms with Crippen molar-refractivity contribution in [3.8, 4) is 0 Å². The molecule has 1 aromatic rings. The van der Waals surface area contributed by atoms with Gasteiger partial charge in [0.2, 0.25) is 0 Å². The van der Waals surface area contributed by atoms with Crippen molar-refractivity contribution in [2.24, 2.45) is 5.41 Å². The molecule has 1 unspecified atom stereocenters. The second kappa shape index (κ2) is 4.95. The molecule has 0 bridgehead atoms. The van der Waals surface area contributed by atoms with Gasteiger partial charge in [-0.1, -0.05) is 44.0 Å². The molecule has 0 heterocycles. The summed E-state index contributed by atoms with van der Waals surface area (Å²) in [7, 11) is 0. The molecule has 1 fully saturated rings. The maximum Gasteiger partial charge on any atom is 0.142 e. The Labute approximate surface area is 107 Å². The lowest BCUT2D eigenvalue weighted by molar-refractivity contribution is 0.282. The molecule has 94 valence electrons. The van der Waals surface area contributed by atoms with E-state index >= 15 is 0 Å². The number of halogens is 2. The summed E-state index contributed by atoms with van der Waals surface area (Å²) in [6, 6.07) is 5.48. The highest BCUT2D eigenvalue weighted by atomic mass is 35.5. The predicted octanol–water partition coefficient (Wildman–Crippen LogP) is 4.15. The van der Waals surface area contributed by atoms with Gasteiger partial charge in [-0.3, -0.25) is 0 Å². The van der Waals surface area contributed by atoms with Gasteiger partial charge in [0, 0.05) is 12.6 Å². The zero-order chi connectivity index (χ0) is 12.5. The third kappa shape index (κ3) is 2.80. The summed E-state index contributed by atoms with van der Waals surface area (Å²) in [4.78, 5) is 0. The van der Waals surface area contributed by atoms with Crippen LogP contribution in [0.4, 0.5) is 4.39 Å². The van der Waals surface area contributed by atoms with Gasteiger partial charge in [-0.05, 0) is 29.9 Å². The van der Waals surface area contributed by atoms with Crippen molar-refractivity contribution in [3.05, 3.63) is 34.6 Å². The highest BCUT2D eigenvalue weighted by Crippen LogP contribution is 2.37. The molecule has 0 radical (unpaired) electrons. The first-order chi connectivity index (χ1) is 8.00. The van der Waals surface area contributed by atoms with Crippen LogP contribution in [-0.4, -0.2) is 6.04 Å². The van der Waals surface area contributed by atoms with Gasteiger partial charge in [-0.2, -0.15) is 0 Å². The van der Waals surface area contributed by atoms with Crippen LogP contribution in [0.25, 0.3) is 0 Å². The van der Waals surface area contributed by atoms with Crippen LogP contribution in [0.1, 0.15) is 38.7 Å². The SMILES string of the molecule is CC1(C)CCCC1NCc1cccc(F)c1Cl. The van der Waals surface area contributed by atoms with Gasteiger partial charge in [0.15, 0.2) is 0 Å². The van der Waals surface area contributed by atoms with Crippen molar-refractivity contribution in [3.63, 3.8) is 0 Å².